The van der Waals surface area contributed by atoms with Crippen LogP contribution in [0.15, 0.2) is 23.7 Å². The number of carboxylic acids is 1. The van der Waals surface area contributed by atoms with E-state index < -0.39 is 5.97 Å². The highest BCUT2D eigenvalue weighted by atomic mass is 16.6. The zero-order valence-electron chi connectivity index (χ0n) is 20.5. The third-order valence-corrected chi connectivity index (χ3v) is 6.58. The van der Waals surface area contributed by atoms with Gasteiger partial charge < -0.3 is 9.94 Å². The summed E-state index contributed by atoms with van der Waals surface area (Å²) in [6, 6.07) is 4.03. The van der Waals surface area contributed by atoms with Gasteiger partial charge in [0.2, 0.25) is 0 Å². The first-order valence-corrected chi connectivity index (χ1v) is 11.7. The summed E-state index contributed by atoms with van der Waals surface area (Å²) in [6.45, 7) is 15.7. The molecular weight excluding hydrogens is 416 g/mol. The van der Waals surface area contributed by atoms with Crippen LogP contribution < -0.4 is 5.90 Å². The summed E-state index contributed by atoms with van der Waals surface area (Å²) >= 11 is 0. The fourth-order valence-corrected chi connectivity index (χ4v) is 4.72. The molecule has 1 aromatic heterocycles. The summed E-state index contributed by atoms with van der Waals surface area (Å²) in [5.74, 6) is 5.15. The topological polar surface area (TPSA) is 103 Å². The predicted octanol–water partition coefficient (Wildman–Crippen LogP) is 4.61. The van der Waals surface area contributed by atoms with Gasteiger partial charge >= 0.3 is 5.97 Å². The zero-order chi connectivity index (χ0) is 24.3. The van der Waals surface area contributed by atoms with Gasteiger partial charge in [-0.15, -0.1) is 0 Å². The lowest BCUT2D eigenvalue weighted by Gasteiger charge is -2.30. The first kappa shape index (κ1) is 24.7. The maximum atomic E-state index is 11.0. The van der Waals surface area contributed by atoms with Crippen molar-refractivity contribution < 1.29 is 14.7 Å². The van der Waals surface area contributed by atoms with Gasteiger partial charge in [0.1, 0.15) is 0 Å². The summed E-state index contributed by atoms with van der Waals surface area (Å²) < 4.78 is 2.03. The average Bonchev–Trinajstić information content (AvgIpc) is 3.12. The number of aliphatic imine (C=N–C) groups is 1. The Hall–Kier alpha value is -2.93. The molecule has 7 nitrogen and oxygen atoms in total. The molecule has 0 amide bonds. The molecule has 0 fully saturated rings. The molecule has 0 radical (unpaired) electrons. The van der Waals surface area contributed by atoms with Crippen LogP contribution >= 0.6 is 0 Å². The van der Waals surface area contributed by atoms with Crippen molar-refractivity contribution in [2.75, 3.05) is 0 Å². The Morgan fingerprint density at radius 1 is 1.36 bits per heavy atom. The molecule has 3 rings (SSSR count). The molecule has 0 saturated carbocycles. The summed E-state index contributed by atoms with van der Waals surface area (Å²) in [4.78, 5) is 20.9. The largest absolute Gasteiger partial charge is 0.481 e. The summed E-state index contributed by atoms with van der Waals surface area (Å²) in [6.07, 6.45) is 4.35. The summed E-state index contributed by atoms with van der Waals surface area (Å²) in [5, 5.41) is 13.9. The molecule has 33 heavy (non-hydrogen) atoms. The molecule has 1 heterocycles. The number of rotatable bonds is 8. The van der Waals surface area contributed by atoms with Crippen LogP contribution in [0.3, 0.4) is 0 Å². The first-order valence-electron chi connectivity index (χ1n) is 11.7. The van der Waals surface area contributed by atoms with Gasteiger partial charge in [-0.2, -0.15) is 11.0 Å². The smallest absolute Gasteiger partial charge is 0.303 e. The monoisotopic (exact) mass is 452 g/mol. The Morgan fingerprint density at radius 2 is 2.09 bits per heavy atom. The van der Waals surface area contributed by atoms with Crippen LogP contribution in [0.2, 0.25) is 0 Å². The van der Waals surface area contributed by atoms with Gasteiger partial charge in [0.05, 0.1) is 5.70 Å². The molecule has 3 N–H and O–H groups in total. The zero-order valence-corrected chi connectivity index (χ0v) is 20.5. The molecule has 0 atom stereocenters. The SMILES string of the molecule is C=C(N=C(ON)c1nn(CC)c2c1CCC(C)(C)C2)c1cc(C)c(CCC(=O)O)c(CC)c1. The highest BCUT2D eigenvalue weighted by molar-refractivity contribution is 5.97. The number of aliphatic carboxylic acids is 1. The van der Waals surface area contributed by atoms with E-state index in [2.05, 4.69) is 39.3 Å². The van der Waals surface area contributed by atoms with E-state index in [-0.39, 0.29) is 17.7 Å². The Kier molecular flexibility index (Phi) is 7.42. The van der Waals surface area contributed by atoms with Crippen LogP contribution in [0, 0.1) is 12.3 Å². The fraction of sp³-hybridized carbons (Fsp3) is 0.500. The number of aromatic nitrogens is 2. The van der Waals surface area contributed by atoms with Crippen molar-refractivity contribution in [2.24, 2.45) is 16.3 Å². The molecule has 7 heteroatoms. The molecular formula is C26H36N4O3. The number of carboxylic acid groups (broad SMARTS) is 1. The molecule has 0 aliphatic heterocycles. The Labute approximate surface area is 196 Å². The number of benzene rings is 1. The van der Waals surface area contributed by atoms with Crippen molar-refractivity contribution in [2.45, 2.75) is 79.7 Å². The van der Waals surface area contributed by atoms with Crippen molar-refractivity contribution in [3.63, 3.8) is 0 Å². The molecule has 1 aromatic carbocycles. The van der Waals surface area contributed by atoms with Gasteiger partial charge in [-0.05, 0) is 80.2 Å². The number of fused-ring (bicyclic) bond motifs is 1. The number of nitrogens with zero attached hydrogens (tertiary/aromatic N) is 3. The van der Waals surface area contributed by atoms with E-state index in [1.165, 1.54) is 5.69 Å². The van der Waals surface area contributed by atoms with Gasteiger partial charge in [0.25, 0.3) is 5.90 Å². The minimum Gasteiger partial charge on any atom is -0.481 e. The second kappa shape index (κ2) is 9.91. The van der Waals surface area contributed by atoms with Crippen molar-refractivity contribution in [3.05, 3.63) is 57.9 Å². The van der Waals surface area contributed by atoms with E-state index in [0.717, 1.165) is 60.0 Å². The minimum absolute atomic E-state index is 0.111. The molecule has 1 aliphatic carbocycles. The van der Waals surface area contributed by atoms with E-state index in [4.69, 9.17) is 20.9 Å². The van der Waals surface area contributed by atoms with E-state index >= 15 is 0 Å². The van der Waals surface area contributed by atoms with Crippen LogP contribution in [0.25, 0.3) is 5.70 Å². The number of hydrogen-bond acceptors (Lipinski definition) is 5. The van der Waals surface area contributed by atoms with E-state index in [9.17, 15) is 4.79 Å². The van der Waals surface area contributed by atoms with E-state index in [1.807, 2.05) is 23.7 Å². The molecule has 0 unspecified atom stereocenters. The van der Waals surface area contributed by atoms with Gasteiger partial charge in [-0.1, -0.05) is 27.4 Å². The first-order chi connectivity index (χ1) is 15.6. The minimum atomic E-state index is -0.794. The second-order valence-corrected chi connectivity index (χ2v) is 9.59. The number of carbonyl (C=O) groups is 1. The number of nitrogens with two attached hydrogens (primary N) is 1. The van der Waals surface area contributed by atoms with Gasteiger partial charge in [0, 0.05) is 29.8 Å². The molecule has 0 spiro atoms. The maximum absolute atomic E-state index is 11.0. The summed E-state index contributed by atoms with van der Waals surface area (Å²) in [7, 11) is 0. The Balaban J connectivity index is 1.97. The van der Waals surface area contributed by atoms with Crippen molar-refractivity contribution >= 4 is 17.6 Å². The second-order valence-electron chi connectivity index (χ2n) is 9.59. The molecule has 0 bridgehead atoms. The average molecular weight is 453 g/mol. The van der Waals surface area contributed by atoms with Crippen LogP contribution in [-0.4, -0.2) is 26.8 Å². The molecule has 0 saturated heterocycles. The van der Waals surface area contributed by atoms with Crippen LogP contribution in [0.5, 0.6) is 0 Å². The van der Waals surface area contributed by atoms with Crippen molar-refractivity contribution in [1.82, 2.24) is 9.78 Å². The van der Waals surface area contributed by atoms with Crippen LogP contribution in [-0.2, 0) is 41.9 Å². The maximum Gasteiger partial charge on any atom is 0.303 e. The quantitative estimate of drug-likeness (QED) is 0.346. The van der Waals surface area contributed by atoms with Crippen LogP contribution in [0.1, 0.15) is 79.7 Å². The van der Waals surface area contributed by atoms with Crippen LogP contribution in [0.4, 0.5) is 0 Å². The highest BCUT2D eigenvalue weighted by Crippen LogP contribution is 2.36. The van der Waals surface area contributed by atoms with Gasteiger partial charge in [0.15, 0.2) is 5.69 Å². The Morgan fingerprint density at radius 3 is 2.70 bits per heavy atom. The van der Waals surface area contributed by atoms with Crippen molar-refractivity contribution in [1.29, 1.82) is 0 Å². The predicted molar refractivity (Wildman–Crippen MR) is 131 cm³/mol. The molecule has 1 aliphatic rings. The van der Waals surface area contributed by atoms with E-state index in [0.29, 0.717) is 17.8 Å². The van der Waals surface area contributed by atoms with Gasteiger partial charge in [-0.25, -0.2) is 4.99 Å². The third-order valence-electron chi connectivity index (χ3n) is 6.58. The van der Waals surface area contributed by atoms with Gasteiger partial charge in [-0.3, -0.25) is 9.48 Å². The lowest BCUT2D eigenvalue weighted by atomic mass is 9.76. The lowest BCUT2D eigenvalue weighted by Crippen LogP contribution is -2.24. The van der Waals surface area contributed by atoms with E-state index in [1.54, 1.807) is 0 Å². The standard InChI is InChI=1S/C26H36N4O3/c1-7-18-14-19(13-16(3)20(18)9-10-23(31)32)17(4)28-25(33-27)24-21-11-12-26(5,6)15-22(21)30(8-2)29-24/h13-14H,4,7-12,15,27H2,1-3,5-6H3,(H,31,32). The fourth-order valence-electron chi connectivity index (χ4n) is 4.72. The normalized spacial score (nSPS) is 15.3. The third kappa shape index (κ3) is 5.36. The number of aryl methyl sites for hydroxylation is 3. The molecule has 2 aromatic rings. The molecule has 178 valence electrons. The lowest BCUT2D eigenvalue weighted by molar-refractivity contribution is -0.136. The summed E-state index contributed by atoms with van der Waals surface area (Å²) in [5.41, 5.74) is 7.92. The number of hydrogen-bond donors (Lipinski definition) is 2. The van der Waals surface area contributed by atoms with Crippen molar-refractivity contribution in [3.8, 4) is 0 Å². The highest BCUT2D eigenvalue weighted by Gasteiger charge is 2.32. The Bertz CT molecular complexity index is 1100.